The average molecular weight is 566 g/mol. The van der Waals surface area contributed by atoms with Crippen LogP contribution in [0, 0.1) is 11.3 Å². The Balaban J connectivity index is 1.78. The summed E-state index contributed by atoms with van der Waals surface area (Å²) in [5.74, 6) is -1.03. The third kappa shape index (κ3) is 7.52. The van der Waals surface area contributed by atoms with Crippen molar-refractivity contribution in [3.05, 3.63) is 24.2 Å². The minimum absolute atomic E-state index is 0.262. The van der Waals surface area contributed by atoms with E-state index in [2.05, 4.69) is 26.3 Å². The summed E-state index contributed by atoms with van der Waals surface area (Å²) < 4.78 is 37.7. The standard InChI is InChI=1S/C24H36N7O7P/c1-14(2)36-22(32)16(5)29-39(34,30-17(6)23(33)37-15(3)4)35-12-24(11-25)10-9-20(38-24)18-7-8-19-21(26)27-13-28-31(18)19/h7-8,13-17,20H,9-10,12H2,1-6H3,(H2,26,27,28)(H2,29,30,34)/t16-,17-,20+,24+/m0/s1. The fourth-order valence-electron chi connectivity index (χ4n) is 3.99. The van der Waals surface area contributed by atoms with Gasteiger partial charge in [0.1, 0.15) is 36.1 Å². The molecule has 1 fully saturated rings. The molecule has 2 aromatic heterocycles. The predicted octanol–water partition coefficient (Wildman–Crippen LogP) is 2.41. The Morgan fingerprint density at radius 1 is 1.18 bits per heavy atom. The first kappa shape index (κ1) is 30.5. The molecule has 0 saturated carbocycles. The van der Waals surface area contributed by atoms with Crippen molar-refractivity contribution in [2.24, 2.45) is 0 Å². The highest BCUT2D eigenvalue weighted by atomic mass is 31.2. The van der Waals surface area contributed by atoms with Crippen LogP contribution in [0.15, 0.2) is 18.5 Å². The van der Waals surface area contributed by atoms with Gasteiger partial charge in [-0.2, -0.15) is 10.4 Å². The van der Waals surface area contributed by atoms with Gasteiger partial charge in [-0.25, -0.2) is 19.7 Å². The van der Waals surface area contributed by atoms with Gasteiger partial charge in [0.25, 0.3) is 0 Å². The lowest BCUT2D eigenvalue weighted by molar-refractivity contribution is -0.149. The highest BCUT2D eigenvalue weighted by Gasteiger charge is 2.45. The SMILES string of the molecule is CC(C)OC(=O)[C@H](C)NP(=O)(N[C@@H](C)C(=O)OC(C)C)OC[C@]1(C#N)CC[C@H](c2ccc3c(N)ncnn23)O1. The van der Waals surface area contributed by atoms with Gasteiger partial charge in [0.15, 0.2) is 11.4 Å². The third-order valence-corrected chi connectivity index (χ3v) is 7.79. The fraction of sp³-hybridized carbons (Fsp3) is 0.625. The minimum atomic E-state index is -4.14. The molecule has 3 heterocycles. The normalized spacial score (nSPS) is 21.2. The van der Waals surface area contributed by atoms with E-state index in [9.17, 15) is 19.4 Å². The topological polar surface area (TPSA) is 192 Å². The molecule has 0 spiro atoms. The van der Waals surface area contributed by atoms with Crippen LogP contribution in [0.2, 0.25) is 0 Å². The molecule has 214 valence electrons. The van der Waals surface area contributed by atoms with Crippen molar-refractivity contribution in [3.8, 4) is 6.07 Å². The first-order chi connectivity index (χ1) is 18.3. The molecule has 0 aliphatic carbocycles. The Labute approximate surface area is 227 Å². The summed E-state index contributed by atoms with van der Waals surface area (Å²) in [6.45, 7) is 9.21. The molecule has 1 aliphatic heterocycles. The Morgan fingerprint density at radius 3 is 2.31 bits per heavy atom. The summed E-state index contributed by atoms with van der Waals surface area (Å²) >= 11 is 0. The summed E-state index contributed by atoms with van der Waals surface area (Å²) in [5, 5.41) is 19.5. The molecular weight excluding hydrogens is 529 g/mol. The number of carbonyl (C=O) groups is 2. The summed E-state index contributed by atoms with van der Waals surface area (Å²) in [7, 11) is -4.14. The number of hydrogen-bond donors (Lipinski definition) is 3. The van der Waals surface area contributed by atoms with Crippen molar-refractivity contribution in [1.29, 1.82) is 5.26 Å². The van der Waals surface area contributed by atoms with Crippen molar-refractivity contribution in [2.45, 2.75) is 90.4 Å². The third-order valence-electron chi connectivity index (χ3n) is 5.84. The monoisotopic (exact) mass is 565 g/mol. The molecular formula is C24H36N7O7P. The largest absolute Gasteiger partial charge is 0.462 e. The number of nitrogen functional groups attached to an aromatic ring is 1. The molecule has 39 heavy (non-hydrogen) atoms. The average Bonchev–Trinajstić information content (AvgIpc) is 3.47. The number of ether oxygens (including phenoxy) is 3. The molecule has 1 saturated heterocycles. The molecule has 2 aromatic rings. The van der Waals surface area contributed by atoms with E-state index in [1.54, 1.807) is 44.3 Å². The van der Waals surface area contributed by atoms with Crippen LogP contribution in [0.4, 0.5) is 5.82 Å². The molecule has 4 atom stereocenters. The molecule has 14 nitrogen and oxygen atoms in total. The van der Waals surface area contributed by atoms with Gasteiger partial charge in [0.05, 0.1) is 24.5 Å². The lowest BCUT2D eigenvalue weighted by atomic mass is 10.0. The summed E-state index contributed by atoms with van der Waals surface area (Å²) in [4.78, 5) is 28.8. The highest BCUT2D eigenvalue weighted by molar-refractivity contribution is 7.54. The van der Waals surface area contributed by atoms with E-state index < -0.39 is 62.2 Å². The first-order valence-corrected chi connectivity index (χ1v) is 14.3. The van der Waals surface area contributed by atoms with Crippen molar-refractivity contribution in [1.82, 2.24) is 24.8 Å². The first-order valence-electron chi connectivity index (χ1n) is 12.7. The van der Waals surface area contributed by atoms with Gasteiger partial charge in [-0.3, -0.25) is 14.2 Å². The van der Waals surface area contributed by atoms with E-state index in [1.165, 1.54) is 20.2 Å². The van der Waals surface area contributed by atoms with Gasteiger partial charge in [-0.15, -0.1) is 0 Å². The van der Waals surface area contributed by atoms with Crippen LogP contribution in [0.25, 0.3) is 5.52 Å². The zero-order valence-electron chi connectivity index (χ0n) is 22.9. The Kier molecular flexibility index (Phi) is 9.69. The number of rotatable bonds is 12. The molecule has 0 unspecified atom stereocenters. The molecule has 15 heteroatoms. The van der Waals surface area contributed by atoms with Crippen LogP contribution in [0.1, 0.15) is 66.2 Å². The molecule has 4 N–H and O–H groups in total. The minimum Gasteiger partial charge on any atom is -0.462 e. The van der Waals surface area contributed by atoms with E-state index in [0.717, 1.165) is 0 Å². The van der Waals surface area contributed by atoms with Crippen LogP contribution in [0.5, 0.6) is 0 Å². The molecule has 0 aromatic carbocycles. The van der Waals surface area contributed by atoms with E-state index in [-0.39, 0.29) is 6.42 Å². The number of anilines is 1. The van der Waals surface area contributed by atoms with Gasteiger partial charge >= 0.3 is 19.6 Å². The van der Waals surface area contributed by atoms with Crippen LogP contribution >= 0.6 is 7.67 Å². The van der Waals surface area contributed by atoms with Crippen LogP contribution in [0.3, 0.4) is 0 Å². The maximum atomic E-state index is 13.9. The number of aromatic nitrogens is 3. The van der Waals surface area contributed by atoms with E-state index in [0.29, 0.717) is 23.4 Å². The smallest absolute Gasteiger partial charge is 0.342 e. The summed E-state index contributed by atoms with van der Waals surface area (Å²) in [6, 6.07) is 3.55. The maximum Gasteiger partial charge on any atom is 0.342 e. The Bertz CT molecular complexity index is 1240. The second-order valence-corrected chi connectivity index (χ2v) is 11.8. The van der Waals surface area contributed by atoms with Gasteiger partial charge in [0, 0.05) is 0 Å². The van der Waals surface area contributed by atoms with Gasteiger partial charge in [-0.1, -0.05) is 0 Å². The van der Waals surface area contributed by atoms with E-state index in [1.807, 2.05) is 0 Å². The van der Waals surface area contributed by atoms with Crippen molar-refractivity contribution >= 4 is 30.9 Å². The zero-order valence-corrected chi connectivity index (χ0v) is 23.8. The van der Waals surface area contributed by atoms with E-state index >= 15 is 0 Å². The highest BCUT2D eigenvalue weighted by Crippen LogP contribution is 2.45. The van der Waals surface area contributed by atoms with Crippen molar-refractivity contribution in [3.63, 3.8) is 0 Å². The number of esters is 2. The predicted molar refractivity (Wildman–Crippen MR) is 140 cm³/mol. The lowest BCUT2D eigenvalue weighted by Crippen LogP contribution is -2.44. The van der Waals surface area contributed by atoms with Gasteiger partial charge in [-0.05, 0) is 66.5 Å². The maximum absolute atomic E-state index is 13.9. The number of nitrogens with zero attached hydrogens (tertiary/aromatic N) is 4. The van der Waals surface area contributed by atoms with Crippen molar-refractivity contribution in [2.75, 3.05) is 12.3 Å². The second-order valence-electron chi connectivity index (χ2n) is 9.95. The molecule has 0 radical (unpaired) electrons. The number of nitriles is 1. The van der Waals surface area contributed by atoms with Crippen LogP contribution in [-0.4, -0.2) is 63.0 Å². The molecule has 0 amide bonds. The van der Waals surface area contributed by atoms with Crippen LogP contribution < -0.4 is 15.9 Å². The number of fused-ring (bicyclic) bond motifs is 1. The summed E-state index contributed by atoms with van der Waals surface area (Å²) in [6.07, 6.45) is 0.721. The number of nitrogens with one attached hydrogen (secondary N) is 2. The number of nitrogens with two attached hydrogens (primary N) is 1. The second kappa shape index (κ2) is 12.4. The summed E-state index contributed by atoms with van der Waals surface area (Å²) in [5.41, 5.74) is 5.73. The van der Waals surface area contributed by atoms with Gasteiger partial charge < -0.3 is 24.5 Å². The van der Waals surface area contributed by atoms with E-state index in [4.69, 9.17) is 24.5 Å². The Hall–Kier alpha value is -3.08. The lowest BCUT2D eigenvalue weighted by Gasteiger charge is -2.29. The quantitative estimate of drug-likeness (QED) is 0.251. The molecule has 0 bridgehead atoms. The Morgan fingerprint density at radius 2 is 1.77 bits per heavy atom. The fourth-order valence-corrected chi connectivity index (χ4v) is 5.84. The molecule has 1 aliphatic rings. The number of carbonyl (C=O) groups excluding carboxylic acids is 2. The van der Waals surface area contributed by atoms with Gasteiger partial charge in [0.2, 0.25) is 0 Å². The molecule has 3 rings (SSSR count). The zero-order chi connectivity index (χ0) is 29.0. The van der Waals surface area contributed by atoms with Crippen molar-refractivity contribution < 1.29 is 32.9 Å². The van der Waals surface area contributed by atoms with Crippen LogP contribution in [-0.2, 0) is 32.9 Å². The number of hydrogen-bond acceptors (Lipinski definition) is 11.